The lowest BCUT2D eigenvalue weighted by Gasteiger charge is -2.10. The number of methoxy groups -OCH3 is 1. The fraction of sp³-hybridized carbons (Fsp3) is 0.348. The number of carbonyl (C=O) groups is 1. The van der Waals surface area contributed by atoms with Gasteiger partial charge in [-0.1, -0.05) is 59.8 Å². The third-order valence-electron chi connectivity index (χ3n) is 4.62. The van der Waals surface area contributed by atoms with Crippen LogP contribution in [0.5, 0.6) is 0 Å². The average molecular weight is 425 g/mol. The molecule has 0 unspecified atom stereocenters. The van der Waals surface area contributed by atoms with Gasteiger partial charge in [-0.05, 0) is 31.9 Å². The Morgan fingerprint density at radius 3 is 2.57 bits per heavy atom. The Kier molecular flexibility index (Phi) is 8.47. The molecule has 1 heterocycles. The summed E-state index contributed by atoms with van der Waals surface area (Å²) >= 11 is 1.67. The number of ether oxygens (including phenoxy) is 1. The number of thioether (sulfide) groups is 1. The Balaban J connectivity index is 1.64. The smallest absolute Gasteiger partial charge is 0.220 e. The van der Waals surface area contributed by atoms with Crippen LogP contribution in [0.25, 0.3) is 17.1 Å². The number of hydrogen-bond donors (Lipinski definition) is 1. The van der Waals surface area contributed by atoms with E-state index in [0.717, 1.165) is 40.8 Å². The maximum absolute atomic E-state index is 11.8. The van der Waals surface area contributed by atoms with Gasteiger partial charge in [0.05, 0.1) is 6.61 Å². The van der Waals surface area contributed by atoms with Gasteiger partial charge in [0.1, 0.15) is 0 Å². The molecule has 1 aromatic heterocycles. The minimum absolute atomic E-state index is 0.0751. The number of aryl methyl sites for hydroxylation is 1. The molecular weight excluding hydrogens is 396 g/mol. The van der Waals surface area contributed by atoms with Crippen molar-refractivity contribution in [3.05, 3.63) is 60.2 Å². The molecule has 0 atom stereocenters. The van der Waals surface area contributed by atoms with Gasteiger partial charge < -0.3 is 10.1 Å². The maximum atomic E-state index is 11.8. The van der Waals surface area contributed by atoms with Gasteiger partial charge >= 0.3 is 0 Å². The molecule has 158 valence electrons. The van der Waals surface area contributed by atoms with E-state index >= 15 is 0 Å². The van der Waals surface area contributed by atoms with Crippen molar-refractivity contribution in [2.24, 2.45) is 0 Å². The standard InChI is InChI=1S/C23H28N4O2S/c1-18-11-13-19(14-12-18)22-25-26-23(27(22)20-8-4-3-5-9-20)30-17-7-6-10-21(28)24-15-16-29-2/h3-5,8-9,11-14H,6-7,10,15-17H2,1-2H3,(H,24,28). The second kappa shape index (κ2) is 11.5. The van der Waals surface area contributed by atoms with Crippen LogP contribution in [-0.2, 0) is 9.53 Å². The van der Waals surface area contributed by atoms with Gasteiger partial charge in [0.2, 0.25) is 5.91 Å². The fourth-order valence-electron chi connectivity index (χ4n) is 2.99. The summed E-state index contributed by atoms with van der Waals surface area (Å²) in [4.78, 5) is 11.8. The molecule has 3 rings (SSSR count). The first-order chi connectivity index (χ1) is 14.7. The van der Waals surface area contributed by atoms with E-state index in [0.29, 0.717) is 19.6 Å². The molecule has 0 fully saturated rings. The van der Waals surface area contributed by atoms with Crippen molar-refractivity contribution in [1.29, 1.82) is 0 Å². The number of para-hydroxylation sites is 1. The highest BCUT2D eigenvalue weighted by Gasteiger charge is 2.16. The number of hydrogen-bond acceptors (Lipinski definition) is 5. The average Bonchev–Trinajstić information content (AvgIpc) is 3.18. The van der Waals surface area contributed by atoms with Gasteiger partial charge in [0.25, 0.3) is 0 Å². The van der Waals surface area contributed by atoms with Crippen LogP contribution < -0.4 is 5.32 Å². The number of rotatable bonds is 11. The van der Waals surface area contributed by atoms with Crippen LogP contribution in [0.2, 0.25) is 0 Å². The Bertz CT molecular complexity index is 926. The Labute approximate surface area is 182 Å². The molecule has 6 nitrogen and oxygen atoms in total. The van der Waals surface area contributed by atoms with Crippen molar-refractivity contribution in [3.63, 3.8) is 0 Å². The summed E-state index contributed by atoms with van der Waals surface area (Å²) in [7, 11) is 1.63. The molecule has 0 aliphatic rings. The van der Waals surface area contributed by atoms with Gasteiger partial charge in [-0.15, -0.1) is 10.2 Å². The SMILES string of the molecule is COCCNC(=O)CCCCSc1nnc(-c2ccc(C)cc2)n1-c1ccccc1. The minimum atomic E-state index is 0.0751. The zero-order chi connectivity index (χ0) is 21.2. The number of carbonyl (C=O) groups excluding carboxylic acids is 1. The molecule has 0 bridgehead atoms. The van der Waals surface area contributed by atoms with Crippen LogP contribution in [-0.4, -0.2) is 46.7 Å². The number of unbranched alkanes of at least 4 members (excludes halogenated alkanes) is 1. The topological polar surface area (TPSA) is 69.0 Å². The summed E-state index contributed by atoms with van der Waals surface area (Å²) in [5.41, 5.74) is 3.29. The number of nitrogens with one attached hydrogen (secondary N) is 1. The normalized spacial score (nSPS) is 10.9. The van der Waals surface area contributed by atoms with Crippen molar-refractivity contribution in [1.82, 2.24) is 20.1 Å². The second-order valence-electron chi connectivity index (χ2n) is 6.99. The highest BCUT2D eigenvalue weighted by Crippen LogP contribution is 2.28. The zero-order valence-corrected chi connectivity index (χ0v) is 18.3. The third-order valence-corrected chi connectivity index (χ3v) is 5.63. The zero-order valence-electron chi connectivity index (χ0n) is 17.5. The first-order valence-corrected chi connectivity index (χ1v) is 11.1. The molecule has 1 N–H and O–H groups in total. The van der Waals surface area contributed by atoms with E-state index in [4.69, 9.17) is 4.74 Å². The van der Waals surface area contributed by atoms with Crippen LogP contribution >= 0.6 is 11.8 Å². The van der Waals surface area contributed by atoms with Gasteiger partial charge in [0.15, 0.2) is 11.0 Å². The van der Waals surface area contributed by atoms with Crippen LogP contribution in [0.4, 0.5) is 0 Å². The van der Waals surface area contributed by atoms with E-state index in [1.165, 1.54) is 5.56 Å². The Morgan fingerprint density at radius 2 is 1.83 bits per heavy atom. The van der Waals surface area contributed by atoms with Crippen molar-refractivity contribution in [3.8, 4) is 17.1 Å². The monoisotopic (exact) mass is 424 g/mol. The lowest BCUT2D eigenvalue weighted by molar-refractivity contribution is -0.121. The lowest BCUT2D eigenvalue weighted by atomic mass is 10.1. The van der Waals surface area contributed by atoms with Crippen LogP contribution in [0, 0.1) is 6.92 Å². The minimum Gasteiger partial charge on any atom is -0.383 e. The van der Waals surface area contributed by atoms with E-state index in [-0.39, 0.29) is 5.91 Å². The number of aromatic nitrogens is 3. The molecule has 0 aliphatic carbocycles. The molecule has 0 spiro atoms. The van der Waals surface area contributed by atoms with Crippen molar-refractivity contribution >= 4 is 17.7 Å². The largest absolute Gasteiger partial charge is 0.383 e. The summed E-state index contributed by atoms with van der Waals surface area (Å²) < 4.78 is 7.04. The van der Waals surface area contributed by atoms with E-state index < -0.39 is 0 Å². The molecule has 3 aromatic rings. The predicted molar refractivity (Wildman–Crippen MR) is 121 cm³/mol. The molecule has 0 radical (unpaired) electrons. The highest BCUT2D eigenvalue weighted by molar-refractivity contribution is 7.99. The van der Waals surface area contributed by atoms with Crippen LogP contribution in [0.3, 0.4) is 0 Å². The molecule has 0 aliphatic heterocycles. The third kappa shape index (κ3) is 6.18. The fourth-order valence-corrected chi connectivity index (χ4v) is 3.95. The van der Waals surface area contributed by atoms with E-state index in [1.54, 1.807) is 18.9 Å². The van der Waals surface area contributed by atoms with Crippen LogP contribution in [0.15, 0.2) is 59.8 Å². The lowest BCUT2D eigenvalue weighted by Crippen LogP contribution is -2.26. The number of benzene rings is 2. The van der Waals surface area contributed by atoms with Gasteiger partial charge in [0, 0.05) is 37.1 Å². The predicted octanol–water partition coefficient (Wildman–Crippen LogP) is 4.27. The van der Waals surface area contributed by atoms with E-state index in [1.807, 2.05) is 18.2 Å². The van der Waals surface area contributed by atoms with Crippen molar-refractivity contribution < 1.29 is 9.53 Å². The Hall–Kier alpha value is -2.64. The summed E-state index contributed by atoms with van der Waals surface area (Å²) in [6.45, 7) is 3.18. The van der Waals surface area contributed by atoms with E-state index in [2.05, 4.69) is 63.4 Å². The molecule has 7 heteroatoms. The number of amides is 1. The number of nitrogens with zero attached hydrogens (tertiary/aromatic N) is 3. The maximum Gasteiger partial charge on any atom is 0.220 e. The highest BCUT2D eigenvalue weighted by atomic mass is 32.2. The van der Waals surface area contributed by atoms with Gasteiger partial charge in [-0.25, -0.2) is 0 Å². The van der Waals surface area contributed by atoms with Gasteiger partial charge in [-0.2, -0.15) is 0 Å². The second-order valence-corrected chi connectivity index (χ2v) is 8.05. The summed E-state index contributed by atoms with van der Waals surface area (Å²) in [6, 6.07) is 18.5. The first-order valence-electron chi connectivity index (χ1n) is 10.2. The molecule has 30 heavy (non-hydrogen) atoms. The van der Waals surface area contributed by atoms with Crippen molar-refractivity contribution in [2.75, 3.05) is 26.0 Å². The quantitative estimate of drug-likeness (QED) is 0.368. The first kappa shape index (κ1) is 22.1. The van der Waals surface area contributed by atoms with Crippen molar-refractivity contribution in [2.45, 2.75) is 31.3 Å². The molecule has 0 saturated heterocycles. The van der Waals surface area contributed by atoms with Crippen LogP contribution in [0.1, 0.15) is 24.8 Å². The summed E-state index contributed by atoms with van der Waals surface area (Å²) in [5, 5.41) is 12.6. The molecule has 1 amide bonds. The summed E-state index contributed by atoms with van der Waals surface area (Å²) in [6.07, 6.45) is 2.31. The molecule has 0 saturated carbocycles. The molecular formula is C23H28N4O2S. The van der Waals surface area contributed by atoms with Gasteiger partial charge in [-0.3, -0.25) is 9.36 Å². The van der Waals surface area contributed by atoms with E-state index in [9.17, 15) is 4.79 Å². The summed E-state index contributed by atoms with van der Waals surface area (Å²) in [5.74, 6) is 1.79. The Morgan fingerprint density at radius 1 is 1.07 bits per heavy atom. The molecule has 2 aromatic carbocycles.